The molecule has 0 radical (unpaired) electrons. The predicted molar refractivity (Wildman–Crippen MR) is 83.8 cm³/mol. The molecule has 2 unspecified atom stereocenters. The molecule has 0 bridgehead atoms. The van der Waals surface area contributed by atoms with Gasteiger partial charge in [0.2, 0.25) is 0 Å². The molecule has 2 nitrogen and oxygen atoms in total. The van der Waals surface area contributed by atoms with E-state index in [9.17, 15) is 0 Å². The van der Waals surface area contributed by atoms with Crippen molar-refractivity contribution in [2.45, 2.75) is 57.9 Å². The summed E-state index contributed by atoms with van der Waals surface area (Å²) < 4.78 is 12.0. The molecule has 1 aromatic carbocycles. The molecule has 3 heteroatoms. The summed E-state index contributed by atoms with van der Waals surface area (Å²) in [6.45, 7) is 4.90. The van der Waals surface area contributed by atoms with Crippen molar-refractivity contribution in [1.82, 2.24) is 0 Å². The van der Waals surface area contributed by atoms with Crippen molar-refractivity contribution in [3.8, 4) is 11.5 Å². The van der Waals surface area contributed by atoms with Gasteiger partial charge < -0.3 is 9.47 Å². The van der Waals surface area contributed by atoms with Gasteiger partial charge in [-0.05, 0) is 38.2 Å². The van der Waals surface area contributed by atoms with Crippen molar-refractivity contribution in [3.63, 3.8) is 0 Å². The summed E-state index contributed by atoms with van der Waals surface area (Å²) in [5, 5.41) is 0. The monoisotopic (exact) mass is 296 g/mol. The van der Waals surface area contributed by atoms with E-state index in [1.807, 2.05) is 25.1 Å². The molecule has 1 saturated carbocycles. The van der Waals surface area contributed by atoms with Crippen LogP contribution >= 0.6 is 11.6 Å². The van der Waals surface area contributed by atoms with Crippen LogP contribution in [0.25, 0.3) is 0 Å². The van der Waals surface area contributed by atoms with Crippen LogP contribution in [0.1, 0.15) is 51.5 Å². The molecule has 112 valence electrons. The number of hydrogen-bond donors (Lipinski definition) is 0. The van der Waals surface area contributed by atoms with Crippen LogP contribution in [0.4, 0.5) is 0 Å². The number of ether oxygens (including phenoxy) is 2. The fraction of sp³-hybridized carbons (Fsp3) is 0.647. The second-order valence-corrected chi connectivity index (χ2v) is 5.76. The molecule has 0 heterocycles. The first-order chi connectivity index (χ1) is 9.78. The van der Waals surface area contributed by atoms with E-state index in [4.69, 9.17) is 21.1 Å². The maximum atomic E-state index is 6.28. The standard InChI is InChI=1S/C17H25ClO2/c1-3-13-7-5-9-15(11-13)20-17-14(12-18)8-6-10-16(17)19-4-2/h6,8,10,13,15H,3-5,7,9,11-12H2,1-2H3. The topological polar surface area (TPSA) is 18.5 Å². The molecular formula is C17H25ClO2. The maximum absolute atomic E-state index is 6.28. The number of hydrogen-bond acceptors (Lipinski definition) is 2. The summed E-state index contributed by atoms with van der Waals surface area (Å²) in [6, 6.07) is 5.96. The van der Waals surface area contributed by atoms with Crippen LogP contribution in [0, 0.1) is 5.92 Å². The lowest BCUT2D eigenvalue weighted by atomic mass is 9.85. The zero-order valence-corrected chi connectivity index (χ0v) is 13.3. The number of alkyl halides is 1. The van der Waals surface area contributed by atoms with Gasteiger partial charge in [-0.15, -0.1) is 11.6 Å². The molecule has 0 aliphatic heterocycles. The SMILES string of the molecule is CCOc1cccc(CCl)c1OC1CCCC(CC)C1. The summed E-state index contributed by atoms with van der Waals surface area (Å²) in [5.74, 6) is 2.93. The molecule has 0 amide bonds. The van der Waals surface area contributed by atoms with E-state index in [0.717, 1.165) is 35.8 Å². The van der Waals surface area contributed by atoms with Gasteiger partial charge in [-0.1, -0.05) is 31.9 Å². The zero-order chi connectivity index (χ0) is 14.4. The number of rotatable bonds is 6. The van der Waals surface area contributed by atoms with Crippen LogP contribution in [-0.4, -0.2) is 12.7 Å². The quantitative estimate of drug-likeness (QED) is 0.674. The average molecular weight is 297 g/mol. The van der Waals surface area contributed by atoms with Crippen LogP contribution < -0.4 is 9.47 Å². The van der Waals surface area contributed by atoms with Gasteiger partial charge in [0.1, 0.15) is 0 Å². The number of benzene rings is 1. The minimum atomic E-state index is 0.303. The van der Waals surface area contributed by atoms with Crippen molar-refractivity contribution in [2.75, 3.05) is 6.61 Å². The van der Waals surface area contributed by atoms with E-state index < -0.39 is 0 Å². The Kier molecular flexibility index (Phi) is 6.03. The molecule has 0 saturated heterocycles. The van der Waals surface area contributed by atoms with Gasteiger partial charge in [0, 0.05) is 5.56 Å². The zero-order valence-electron chi connectivity index (χ0n) is 12.5. The Morgan fingerprint density at radius 2 is 2.10 bits per heavy atom. The molecule has 0 spiro atoms. The highest BCUT2D eigenvalue weighted by atomic mass is 35.5. The second kappa shape index (κ2) is 7.78. The minimum Gasteiger partial charge on any atom is -0.490 e. The van der Waals surface area contributed by atoms with Gasteiger partial charge in [-0.2, -0.15) is 0 Å². The summed E-state index contributed by atoms with van der Waals surface area (Å²) in [4.78, 5) is 0. The highest BCUT2D eigenvalue weighted by Gasteiger charge is 2.24. The van der Waals surface area contributed by atoms with E-state index >= 15 is 0 Å². The van der Waals surface area contributed by atoms with Gasteiger partial charge in [0.25, 0.3) is 0 Å². The third-order valence-corrected chi connectivity index (χ3v) is 4.39. The van der Waals surface area contributed by atoms with Gasteiger partial charge >= 0.3 is 0 Å². The third kappa shape index (κ3) is 3.82. The van der Waals surface area contributed by atoms with Gasteiger partial charge in [-0.25, -0.2) is 0 Å². The Morgan fingerprint density at radius 1 is 1.25 bits per heavy atom. The van der Waals surface area contributed by atoms with Gasteiger partial charge in [-0.3, -0.25) is 0 Å². The lowest BCUT2D eigenvalue weighted by molar-refractivity contribution is 0.116. The summed E-state index contributed by atoms with van der Waals surface area (Å²) in [7, 11) is 0. The molecule has 1 aromatic rings. The summed E-state index contributed by atoms with van der Waals surface area (Å²) in [6.07, 6.45) is 6.44. The fourth-order valence-corrected chi connectivity index (χ4v) is 3.17. The number of para-hydroxylation sites is 1. The Labute approximate surface area is 127 Å². The van der Waals surface area contributed by atoms with Crippen LogP contribution in [0.5, 0.6) is 11.5 Å². The van der Waals surface area contributed by atoms with Crippen LogP contribution in [-0.2, 0) is 5.88 Å². The smallest absolute Gasteiger partial charge is 0.165 e. The van der Waals surface area contributed by atoms with Crippen molar-refractivity contribution >= 4 is 11.6 Å². The number of halogens is 1. The molecule has 1 fully saturated rings. The highest BCUT2D eigenvalue weighted by Crippen LogP contribution is 2.36. The lowest BCUT2D eigenvalue weighted by Gasteiger charge is -2.30. The largest absolute Gasteiger partial charge is 0.490 e. The van der Waals surface area contributed by atoms with E-state index in [1.165, 1.54) is 19.3 Å². The molecular weight excluding hydrogens is 272 g/mol. The Balaban J connectivity index is 2.14. The second-order valence-electron chi connectivity index (χ2n) is 5.49. The predicted octanol–water partition coefficient (Wildman–Crippen LogP) is 5.17. The summed E-state index contributed by atoms with van der Waals surface area (Å²) >= 11 is 6.04. The van der Waals surface area contributed by atoms with E-state index in [2.05, 4.69) is 6.92 Å². The van der Waals surface area contributed by atoms with E-state index in [0.29, 0.717) is 18.6 Å². The molecule has 0 aromatic heterocycles. The first-order valence-corrected chi connectivity index (χ1v) is 8.29. The molecule has 1 aliphatic carbocycles. The van der Waals surface area contributed by atoms with Crippen LogP contribution in [0.15, 0.2) is 18.2 Å². The normalized spacial score (nSPS) is 22.6. The van der Waals surface area contributed by atoms with E-state index in [1.54, 1.807) is 0 Å². The first-order valence-electron chi connectivity index (χ1n) is 7.75. The van der Waals surface area contributed by atoms with Crippen LogP contribution in [0.3, 0.4) is 0 Å². The van der Waals surface area contributed by atoms with Crippen molar-refractivity contribution in [2.24, 2.45) is 5.92 Å². The fourth-order valence-electron chi connectivity index (χ4n) is 2.96. The Morgan fingerprint density at radius 3 is 2.80 bits per heavy atom. The maximum Gasteiger partial charge on any atom is 0.165 e. The molecule has 0 N–H and O–H groups in total. The van der Waals surface area contributed by atoms with Gasteiger partial charge in [0.05, 0.1) is 18.6 Å². The van der Waals surface area contributed by atoms with Crippen molar-refractivity contribution in [3.05, 3.63) is 23.8 Å². The highest BCUT2D eigenvalue weighted by molar-refractivity contribution is 6.17. The van der Waals surface area contributed by atoms with E-state index in [-0.39, 0.29) is 0 Å². The first kappa shape index (κ1) is 15.5. The molecule has 2 rings (SSSR count). The molecule has 20 heavy (non-hydrogen) atoms. The van der Waals surface area contributed by atoms with Gasteiger partial charge in [0.15, 0.2) is 11.5 Å². The van der Waals surface area contributed by atoms with Crippen molar-refractivity contribution < 1.29 is 9.47 Å². The van der Waals surface area contributed by atoms with Crippen LogP contribution in [0.2, 0.25) is 0 Å². The molecule has 1 aliphatic rings. The Hall–Kier alpha value is -0.890. The van der Waals surface area contributed by atoms with Crippen molar-refractivity contribution in [1.29, 1.82) is 0 Å². The molecule has 2 atom stereocenters. The lowest BCUT2D eigenvalue weighted by Crippen LogP contribution is -2.25. The third-order valence-electron chi connectivity index (χ3n) is 4.10. The minimum absolute atomic E-state index is 0.303. The average Bonchev–Trinajstić information content (AvgIpc) is 2.49. The Bertz CT molecular complexity index is 419. The summed E-state index contributed by atoms with van der Waals surface area (Å²) in [5.41, 5.74) is 1.02.